The molecule has 0 aliphatic heterocycles. The van der Waals surface area contributed by atoms with Crippen LogP contribution in [0.3, 0.4) is 0 Å². The third-order valence-corrected chi connectivity index (χ3v) is 2.49. The summed E-state index contributed by atoms with van der Waals surface area (Å²) in [5.41, 5.74) is 1.82. The second-order valence-electron chi connectivity index (χ2n) is 3.82. The van der Waals surface area contributed by atoms with Crippen LogP contribution in [-0.4, -0.2) is 16.7 Å². The van der Waals surface area contributed by atoms with Crippen molar-refractivity contribution in [2.75, 3.05) is 5.32 Å². The lowest BCUT2D eigenvalue weighted by Crippen LogP contribution is -2.11. The van der Waals surface area contributed by atoms with Gasteiger partial charge in [-0.3, -0.25) is 14.6 Å². The summed E-state index contributed by atoms with van der Waals surface area (Å²) in [6.07, 6.45) is 3.13. The Morgan fingerprint density at radius 3 is 2.05 bits per heavy atom. The minimum atomic E-state index is -0.201. The molecular weight excluding hydrogens is 264 g/mol. The molecule has 1 amide bonds. The smallest absolute Gasteiger partial charge is 0.255 e. The molecule has 0 saturated heterocycles. The summed E-state index contributed by atoms with van der Waals surface area (Å²) in [4.78, 5) is 26.8. The Balaban J connectivity index is 0.00000180. The van der Waals surface area contributed by atoms with Gasteiger partial charge in [0, 0.05) is 29.2 Å². The second kappa shape index (κ2) is 6.66. The Labute approximate surface area is 117 Å². The van der Waals surface area contributed by atoms with Gasteiger partial charge < -0.3 is 5.32 Å². The summed E-state index contributed by atoms with van der Waals surface area (Å²) in [7, 11) is 0. The molecule has 0 radical (unpaired) electrons. The number of aromatic nitrogens is 1. The van der Waals surface area contributed by atoms with E-state index >= 15 is 0 Å². The van der Waals surface area contributed by atoms with Gasteiger partial charge in [0.2, 0.25) is 0 Å². The number of anilines is 1. The van der Waals surface area contributed by atoms with E-state index < -0.39 is 0 Å². The summed E-state index contributed by atoms with van der Waals surface area (Å²) < 4.78 is 0. The van der Waals surface area contributed by atoms with E-state index in [9.17, 15) is 9.59 Å². The lowest BCUT2D eigenvalue weighted by molar-refractivity contribution is 0.101. The first-order valence-corrected chi connectivity index (χ1v) is 5.49. The summed E-state index contributed by atoms with van der Waals surface area (Å²) in [6.45, 7) is 1.50. The standard InChI is InChI=1S/C14H12N2O2.ClH/c1-10(17)11-2-4-13(5-3-11)16-14(18)12-6-8-15-9-7-12;/h2-9H,1H3,(H,16,18);1H. The molecule has 1 aromatic carbocycles. The number of hydrogen-bond acceptors (Lipinski definition) is 3. The average molecular weight is 277 g/mol. The van der Waals surface area contributed by atoms with Crippen LogP contribution in [0.2, 0.25) is 0 Å². The van der Waals surface area contributed by atoms with E-state index in [1.165, 1.54) is 6.92 Å². The number of hydrogen-bond donors (Lipinski definition) is 1. The highest BCUT2D eigenvalue weighted by molar-refractivity contribution is 6.04. The molecule has 2 aromatic rings. The van der Waals surface area contributed by atoms with Crippen molar-refractivity contribution in [3.63, 3.8) is 0 Å². The molecule has 0 aliphatic rings. The van der Waals surface area contributed by atoms with Crippen LogP contribution < -0.4 is 5.32 Å². The average Bonchev–Trinajstić information content (AvgIpc) is 2.40. The molecule has 19 heavy (non-hydrogen) atoms. The van der Waals surface area contributed by atoms with E-state index in [-0.39, 0.29) is 24.1 Å². The van der Waals surface area contributed by atoms with Gasteiger partial charge in [-0.2, -0.15) is 0 Å². The Bertz CT molecular complexity index is 568. The topological polar surface area (TPSA) is 59.1 Å². The van der Waals surface area contributed by atoms with Gasteiger partial charge in [-0.25, -0.2) is 0 Å². The summed E-state index contributed by atoms with van der Waals surface area (Å²) >= 11 is 0. The molecular formula is C14H13ClN2O2. The lowest BCUT2D eigenvalue weighted by atomic mass is 10.1. The van der Waals surface area contributed by atoms with E-state index in [2.05, 4.69) is 10.3 Å². The fourth-order valence-corrected chi connectivity index (χ4v) is 1.49. The van der Waals surface area contributed by atoms with Gasteiger partial charge in [-0.15, -0.1) is 12.4 Å². The summed E-state index contributed by atoms with van der Waals surface area (Å²) in [5, 5.41) is 2.75. The minimum absolute atomic E-state index is 0. The third-order valence-electron chi connectivity index (χ3n) is 2.49. The normalized spacial score (nSPS) is 9.32. The zero-order valence-corrected chi connectivity index (χ0v) is 11.1. The molecule has 1 N–H and O–H groups in total. The Hall–Kier alpha value is -2.20. The number of carbonyl (C=O) groups excluding carboxylic acids is 2. The van der Waals surface area contributed by atoms with Gasteiger partial charge in [0.15, 0.2) is 5.78 Å². The summed E-state index contributed by atoms with van der Waals surface area (Å²) in [5.74, 6) is -0.199. The largest absolute Gasteiger partial charge is 0.322 e. The number of nitrogens with zero attached hydrogens (tertiary/aromatic N) is 1. The monoisotopic (exact) mass is 276 g/mol. The van der Waals surface area contributed by atoms with E-state index in [1.807, 2.05) is 0 Å². The number of carbonyl (C=O) groups is 2. The number of amides is 1. The lowest BCUT2D eigenvalue weighted by Gasteiger charge is -2.05. The van der Waals surface area contributed by atoms with Crippen LogP contribution in [0.4, 0.5) is 5.69 Å². The predicted octanol–water partition coefficient (Wildman–Crippen LogP) is 2.96. The van der Waals surface area contributed by atoms with Crippen molar-refractivity contribution >= 4 is 29.8 Å². The first-order chi connectivity index (χ1) is 8.66. The molecule has 0 unspecified atom stereocenters. The van der Waals surface area contributed by atoms with Crippen LogP contribution in [0.15, 0.2) is 48.8 Å². The Morgan fingerprint density at radius 1 is 0.947 bits per heavy atom. The first-order valence-electron chi connectivity index (χ1n) is 5.49. The van der Waals surface area contributed by atoms with E-state index in [4.69, 9.17) is 0 Å². The van der Waals surface area contributed by atoms with Crippen molar-refractivity contribution in [2.24, 2.45) is 0 Å². The van der Waals surface area contributed by atoms with Crippen molar-refractivity contribution in [2.45, 2.75) is 6.92 Å². The molecule has 0 atom stereocenters. The molecule has 0 bridgehead atoms. The van der Waals surface area contributed by atoms with Gasteiger partial charge >= 0.3 is 0 Å². The molecule has 2 rings (SSSR count). The Kier molecular flexibility index (Phi) is 5.21. The predicted molar refractivity (Wildman–Crippen MR) is 75.9 cm³/mol. The highest BCUT2D eigenvalue weighted by atomic mass is 35.5. The van der Waals surface area contributed by atoms with Crippen molar-refractivity contribution in [3.8, 4) is 0 Å². The van der Waals surface area contributed by atoms with Crippen LogP contribution in [-0.2, 0) is 0 Å². The Morgan fingerprint density at radius 2 is 1.53 bits per heavy atom. The van der Waals surface area contributed by atoms with Gasteiger partial charge in [0.25, 0.3) is 5.91 Å². The van der Waals surface area contributed by atoms with E-state index in [0.29, 0.717) is 16.8 Å². The quantitative estimate of drug-likeness (QED) is 0.877. The molecule has 0 saturated carbocycles. The highest BCUT2D eigenvalue weighted by Crippen LogP contribution is 2.11. The molecule has 5 heteroatoms. The van der Waals surface area contributed by atoms with Crippen molar-refractivity contribution in [3.05, 3.63) is 59.9 Å². The van der Waals surface area contributed by atoms with Crippen LogP contribution in [0, 0.1) is 0 Å². The number of halogens is 1. The fraction of sp³-hybridized carbons (Fsp3) is 0.0714. The molecule has 0 fully saturated rings. The SMILES string of the molecule is CC(=O)c1ccc(NC(=O)c2ccncc2)cc1.Cl. The van der Waals surface area contributed by atoms with Gasteiger partial charge in [-0.05, 0) is 43.3 Å². The van der Waals surface area contributed by atoms with Crippen molar-refractivity contribution < 1.29 is 9.59 Å². The molecule has 0 spiro atoms. The second-order valence-corrected chi connectivity index (χ2v) is 3.82. The van der Waals surface area contributed by atoms with E-state index in [0.717, 1.165) is 0 Å². The highest BCUT2D eigenvalue weighted by Gasteiger charge is 2.05. The maximum absolute atomic E-state index is 11.8. The molecule has 0 aliphatic carbocycles. The first kappa shape index (κ1) is 14.9. The number of benzene rings is 1. The third kappa shape index (κ3) is 3.89. The fourth-order valence-electron chi connectivity index (χ4n) is 1.49. The van der Waals surface area contributed by atoms with Crippen LogP contribution in [0.5, 0.6) is 0 Å². The van der Waals surface area contributed by atoms with Crippen LogP contribution >= 0.6 is 12.4 Å². The molecule has 1 aromatic heterocycles. The van der Waals surface area contributed by atoms with E-state index in [1.54, 1.807) is 48.8 Å². The van der Waals surface area contributed by atoms with Crippen molar-refractivity contribution in [1.82, 2.24) is 4.98 Å². The van der Waals surface area contributed by atoms with Crippen molar-refractivity contribution in [1.29, 1.82) is 0 Å². The number of nitrogens with one attached hydrogen (secondary N) is 1. The molecule has 4 nitrogen and oxygen atoms in total. The number of rotatable bonds is 3. The van der Waals surface area contributed by atoms with Gasteiger partial charge in [-0.1, -0.05) is 0 Å². The molecule has 1 heterocycles. The number of Topliss-reactive ketones (excluding diaryl/α,β-unsaturated/α-hetero) is 1. The van der Waals surface area contributed by atoms with Gasteiger partial charge in [0.1, 0.15) is 0 Å². The zero-order chi connectivity index (χ0) is 13.0. The minimum Gasteiger partial charge on any atom is -0.322 e. The summed E-state index contributed by atoms with van der Waals surface area (Å²) in [6, 6.07) is 10.1. The van der Waals surface area contributed by atoms with Crippen LogP contribution in [0.1, 0.15) is 27.6 Å². The maximum Gasteiger partial charge on any atom is 0.255 e. The number of pyridine rings is 1. The maximum atomic E-state index is 11.8. The number of ketones is 1. The van der Waals surface area contributed by atoms with Crippen LogP contribution in [0.25, 0.3) is 0 Å². The zero-order valence-electron chi connectivity index (χ0n) is 10.3. The molecule has 98 valence electrons. The van der Waals surface area contributed by atoms with Gasteiger partial charge in [0.05, 0.1) is 0 Å².